The number of nitrogens with zero attached hydrogens (tertiary/aromatic N) is 1. The van der Waals surface area contributed by atoms with Crippen molar-refractivity contribution in [1.82, 2.24) is 10.3 Å². The summed E-state index contributed by atoms with van der Waals surface area (Å²) in [4.78, 5) is 4.16. The summed E-state index contributed by atoms with van der Waals surface area (Å²) in [6.45, 7) is 0. The molecule has 102 valence electrons. The van der Waals surface area contributed by atoms with Crippen molar-refractivity contribution >= 4 is 11.3 Å². The molecule has 0 saturated carbocycles. The van der Waals surface area contributed by atoms with Gasteiger partial charge in [-0.15, -0.1) is 24.5 Å². The highest BCUT2D eigenvalue weighted by atomic mass is 32.1. The molecule has 2 rings (SSSR count). The summed E-state index contributed by atoms with van der Waals surface area (Å²) < 4.78 is 40.5. The molecule has 0 saturated heterocycles. The zero-order valence-corrected chi connectivity index (χ0v) is 10.8. The molecule has 19 heavy (non-hydrogen) atoms. The van der Waals surface area contributed by atoms with E-state index >= 15 is 0 Å². The molecule has 0 aliphatic heterocycles. The molecule has 2 aromatic rings. The van der Waals surface area contributed by atoms with Gasteiger partial charge in [0.2, 0.25) is 0 Å². The van der Waals surface area contributed by atoms with Crippen LogP contribution in [0.1, 0.15) is 16.6 Å². The van der Waals surface area contributed by atoms with Crippen molar-refractivity contribution in [3.8, 4) is 5.75 Å². The standard InChI is InChI=1S/C12H11F3N2OS/c1-16-10(11-17-5-6-19-11)8-3-2-4-9(7-8)18-12(13,14)15/h2-7,10,16H,1H3. The molecule has 0 aliphatic carbocycles. The first-order valence-electron chi connectivity index (χ1n) is 5.42. The first kappa shape index (κ1) is 13.8. The van der Waals surface area contributed by atoms with Crippen LogP contribution < -0.4 is 10.1 Å². The topological polar surface area (TPSA) is 34.1 Å². The Morgan fingerprint density at radius 2 is 2.16 bits per heavy atom. The quantitative estimate of drug-likeness (QED) is 0.937. The normalized spacial score (nSPS) is 13.3. The van der Waals surface area contributed by atoms with Crippen LogP contribution in [0.2, 0.25) is 0 Å². The lowest BCUT2D eigenvalue weighted by Crippen LogP contribution is -2.19. The number of halogens is 3. The fourth-order valence-corrected chi connectivity index (χ4v) is 2.47. The van der Waals surface area contributed by atoms with Gasteiger partial charge in [0.1, 0.15) is 10.8 Å². The van der Waals surface area contributed by atoms with Crippen molar-refractivity contribution in [2.45, 2.75) is 12.4 Å². The van der Waals surface area contributed by atoms with E-state index in [0.717, 1.165) is 5.01 Å². The average Bonchev–Trinajstić information content (AvgIpc) is 2.82. The number of nitrogens with one attached hydrogen (secondary N) is 1. The summed E-state index contributed by atoms with van der Waals surface area (Å²) in [6.07, 6.45) is -3.03. The Hall–Kier alpha value is -1.60. The summed E-state index contributed by atoms with van der Waals surface area (Å²) in [5.74, 6) is -0.234. The van der Waals surface area contributed by atoms with E-state index in [4.69, 9.17) is 0 Å². The van der Waals surface area contributed by atoms with E-state index in [-0.39, 0.29) is 11.8 Å². The third-order valence-corrected chi connectivity index (χ3v) is 3.25. The maximum absolute atomic E-state index is 12.2. The molecular formula is C12H11F3N2OS. The van der Waals surface area contributed by atoms with Crippen LogP contribution in [0.5, 0.6) is 5.75 Å². The van der Waals surface area contributed by atoms with Crippen LogP contribution in [0.15, 0.2) is 35.8 Å². The summed E-state index contributed by atoms with van der Waals surface area (Å²) >= 11 is 1.43. The third-order valence-electron chi connectivity index (χ3n) is 2.41. The summed E-state index contributed by atoms with van der Waals surface area (Å²) in [5.41, 5.74) is 0.666. The molecule has 1 aromatic heterocycles. The predicted molar refractivity (Wildman–Crippen MR) is 66.1 cm³/mol. The Morgan fingerprint density at radius 1 is 1.37 bits per heavy atom. The van der Waals surface area contributed by atoms with E-state index in [9.17, 15) is 13.2 Å². The fourth-order valence-electron chi connectivity index (χ4n) is 1.70. The molecule has 0 bridgehead atoms. The lowest BCUT2D eigenvalue weighted by atomic mass is 10.1. The number of hydrogen-bond acceptors (Lipinski definition) is 4. The van der Waals surface area contributed by atoms with Crippen LogP contribution in [0, 0.1) is 0 Å². The number of hydrogen-bond donors (Lipinski definition) is 1. The Morgan fingerprint density at radius 3 is 2.74 bits per heavy atom. The van der Waals surface area contributed by atoms with Crippen molar-refractivity contribution in [2.24, 2.45) is 0 Å². The van der Waals surface area contributed by atoms with Crippen LogP contribution in [0.3, 0.4) is 0 Å². The van der Waals surface area contributed by atoms with E-state index in [2.05, 4.69) is 15.0 Å². The predicted octanol–water partition coefficient (Wildman–Crippen LogP) is 3.35. The van der Waals surface area contributed by atoms with Crippen molar-refractivity contribution in [3.05, 3.63) is 46.4 Å². The van der Waals surface area contributed by atoms with Gasteiger partial charge in [-0.3, -0.25) is 0 Å². The van der Waals surface area contributed by atoms with Crippen LogP contribution in [-0.2, 0) is 0 Å². The highest BCUT2D eigenvalue weighted by Gasteiger charge is 2.31. The molecule has 7 heteroatoms. The minimum atomic E-state index is -4.69. The number of benzene rings is 1. The summed E-state index contributed by atoms with van der Waals surface area (Å²) in [5, 5.41) is 5.62. The highest BCUT2D eigenvalue weighted by Crippen LogP contribution is 2.28. The van der Waals surface area contributed by atoms with Crippen molar-refractivity contribution in [1.29, 1.82) is 0 Å². The number of aromatic nitrogens is 1. The molecule has 0 fully saturated rings. The van der Waals surface area contributed by atoms with Gasteiger partial charge in [0, 0.05) is 11.6 Å². The van der Waals surface area contributed by atoms with E-state index in [1.54, 1.807) is 19.3 Å². The van der Waals surface area contributed by atoms with Gasteiger partial charge in [-0.2, -0.15) is 0 Å². The number of rotatable bonds is 4. The second-order valence-corrected chi connectivity index (χ2v) is 4.64. The van der Waals surface area contributed by atoms with E-state index < -0.39 is 6.36 Å². The average molecular weight is 288 g/mol. The Bertz CT molecular complexity index is 528. The lowest BCUT2D eigenvalue weighted by molar-refractivity contribution is -0.274. The second-order valence-electron chi connectivity index (χ2n) is 3.71. The first-order chi connectivity index (χ1) is 8.99. The van der Waals surface area contributed by atoms with Gasteiger partial charge in [0.25, 0.3) is 0 Å². The van der Waals surface area contributed by atoms with Crippen molar-refractivity contribution in [2.75, 3.05) is 7.05 Å². The Labute approximate surface area is 112 Å². The van der Waals surface area contributed by atoms with Gasteiger partial charge in [0.15, 0.2) is 0 Å². The van der Waals surface area contributed by atoms with Gasteiger partial charge in [-0.25, -0.2) is 4.98 Å². The number of thiazole rings is 1. The molecule has 1 unspecified atom stereocenters. The molecule has 1 atom stereocenters. The lowest BCUT2D eigenvalue weighted by Gasteiger charge is -2.15. The fraction of sp³-hybridized carbons (Fsp3) is 0.250. The molecule has 0 spiro atoms. The highest BCUT2D eigenvalue weighted by molar-refractivity contribution is 7.09. The molecule has 1 heterocycles. The monoisotopic (exact) mass is 288 g/mol. The summed E-state index contributed by atoms with van der Waals surface area (Å²) in [7, 11) is 1.73. The van der Waals surface area contributed by atoms with Crippen LogP contribution in [0.25, 0.3) is 0 Å². The van der Waals surface area contributed by atoms with Gasteiger partial charge in [-0.05, 0) is 24.7 Å². The third kappa shape index (κ3) is 3.68. The molecule has 3 nitrogen and oxygen atoms in total. The van der Waals surface area contributed by atoms with Crippen LogP contribution in [-0.4, -0.2) is 18.4 Å². The van der Waals surface area contributed by atoms with Gasteiger partial charge < -0.3 is 10.1 Å². The number of alkyl halides is 3. The van der Waals surface area contributed by atoms with E-state index in [1.807, 2.05) is 5.38 Å². The number of ether oxygens (including phenoxy) is 1. The van der Waals surface area contributed by atoms with Crippen molar-refractivity contribution in [3.63, 3.8) is 0 Å². The second kappa shape index (κ2) is 5.58. The first-order valence-corrected chi connectivity index (χ1v) is 6.30. The van der Waals surface area contributed by atoms with Gasteiger partial charge in [0.05, 0.1) is 6.04 Å². The molecule has 1 N–H and O–H groups in total. The maximum Gasteiger partial charge on any atom is 0.573 e. The van der Waals surface area contributed by atoms with E-state index in [0.29, 0.717) is 5.56 Å². The summed E-state index contributed by atoms with van der Waals surface area (Å²) in [6, 6.07) is 5.62. The van der Waals surface area contributed by atoms with Gasteiger partial charge in [-0.1, -0.05) is 12.1 Å². The van der Waals surface area contributed by atoms with E-state index in [1.165, 1.54) is 29.5 Å². The molecule has 0 radical (unpaired) electrons. The zero-order valence-electron chi connectivity index (χ0n) is 9.94. The Kier molecular flexibility index (Phi) is 4.06. The van der Waals surface area contributed by atoms with Gasteiger partial charge >= 0.3 is 6.36 Å². The minimum absolute atomic E-state index is 0.234. The van der Waals surface area contributed by atoms with Crippen LogP contribution in [0.4, 0.5) is 13.2 Å². The SMILES string of the molecule is CNC(c1cccc(OC(F)(F)F)c1)c1nccs1. The molecule has 1 aromatic carbocycles. The molecule has 0 aliphatic rings. The molecular weight excluding hydrogens is 277 g/mol. The molecule has 0 amide bonds. The minimum Gasteiger partial charge on any atom is -0.406 e. The zero-order chi connectivity index (χ0) is 13.9. The Balaban J connectivity index is 2.27. The largest absolute Gasteiger partial charge is 0.573 e. The maximum atomic E-state index is 12.2. The smallest absolute Gasteiger partial charge is 0.406 e. The van der Waals surface area contributed by atoms with Crippen LogP contribution >= 0.6 is 11.3 Å². The van der Waals surface area contributed by atoms with Crippen molar-refractivity contribution < 1.29 is 17.9 Å².